The molecule has 0 aliphatic carbocycles. The third-order valence-corrected chi connectivity index (χ3v) is 4.53. The summed E-state index contributed by atoms with van der Waals surface area (Å²) >= 11 is 0. The Bertz CT molecular complexity index is 654. The minimum atomic E-state index is 0. The lowest BCUT2D eigenvalue weighted by Gasteiger charge is -2.23. The van der Waals surface area contributed by atoms with E-state index in [0.29, 0.717) is 6.54 Å². The largest absolute Gasteiger partial charge is 0.352 e. The second kappa shape index (κ2) is 9.44. The van der Waals surface area contributed by atoms with E-state index in [-0.39, 0.29) is 24.2 Å². The molecule has 25 heavy (non-hydrogen) atoms. The Morgan fingerprint density at radius 1 is 1.12 bits per heavy atom. The van der Waals surface area contributed by atoms with E-state index in [1.54, 1.807) is 0 Å². The minimum absolute atomic E-state index is 0. The summed E-state index contributed by atoms with van der Waals surface area (Å²) in [4.78, 5) is 14.3. The number of nitrogens with one attached hydrogen (secondary N) is 2. The Balaban J connectivity index is 0.00000225. The zero-order valence-corrected chi connectivity index (χ0v) is 15.4. The average Bonchev–Trinajstić information content (AvgIpc) is 3.17. The van der Waals surface area contributed by atoms with Crippen LogP contribution in [0.2, 0.25) is 0 Å². The maximum absolute atomic E-state index is 12.1. The van der Waals surface area contributed by atoms with Gasteiger partial charge < -0.3 is 15.5 Å². The van der Waals surface area contributed by atoms with Crippen molar-refractivity contribution < 1.29 is 4.79 Å². The Kier molecular flexibility index (Phi) is 7.29. The van der Waals surface area contributed by atoms with Gasteiger partial charge in [0, 0.05) is 31.0 Å². The van der Waals surface area contributed by atoms with Gasteiger partial charge in [-0.05, 0) is 49.7 Å². The first-order valence-corrected chi connectivity index (χ1v) is 8.68. The molecular formula is C20H26ClN3O. The van der Waals surface area contributed by atoms with Crippen molar-refractivity contribution >= 4 is 29.7 Å². The Morgan fingerprint density at radius 3 is 2.40 bits per heavy atom. The molecule has 1 amide bonds. The normalized spacial score (nSPS) is 16.1. The van der Waals surface area contributed by atoms with Crippen molar-refractivity contribution in [3.8, 4) is 0 Å². The van der Waals surface area contributed by atoms with Crippen LogP contribution in [0.4, 0.5) is 11.4 Å². The smallest absolute Gasteiger partial charge is 0.224 e. The molecule has 1 saturated heterocycles. The maximum Gasteiger partial charge on any atom is 0.224 e. The van der Waals surface area contributed by atoms with Gasteiger partial charge in [-0.15, -0.1) is 12.4 Å². The summed E-state index contributed by atoms with van der Waals surface area (Å²) in [7, 11) is 0. The van der Waals surface area contributed by atoms with E-state index in [9.17, 15) is 4.79 Å². The van der Waals surface area contributed by atoms with Crippen LogP contribution in [0.1, 0.15) is 18.9 Å². The van der Waals surface area contributed by atoms with E-state index in [2.05, 4.69) is 71.0 Å². The summed E-state index contributed by atoms with van der Waals surface area (Å²) < 4.78 is 0. The van der Waals surface area contributed by atoms with E-state index in [1.165, 1.54) is 11.4 Å². The van der Waals surface area contributed by atoms with Gasteiger partial charge in [0.1, 0.15) is 0 Å². The van der Waals surface area contributed by atoms with Crippen LogP contribution in [0.5, 0.6) is 0 Å². The first-order valence-electron chi connectivity index (χ1n) is 8.68. The summed E-state index contributed by atoms with van der Waals surface area (Å²) in [5.41, 5.74) is 3.48. The molecule has 4 nitrogen and oxygen atoms in total. The molecule has 1 unspecified atom stereocenters. The molecular weight excluding hydrogens is 334 g/mol. The van der Waals surface area contributed by atoms with Crippen molar-refractivity contribution in [3.63, 3.8) is 0 Å². The minimum Gasteiger partial charge on any atom is -0.352 e. The highest BCUT2D eigenvalue weighted by Crippen LogP contribution is 2.25. The van der Waals surface area contributed by atoms with Gasteiger partial charge in [-0.25, -0.2) is 0 Å². The number of halogens is 1. The molecule has 0 saturated carbocycles. The fourth-order valence-corrected chi connectivity index (χ4v) is 3.13. The Morgan fingerprint density at radius 2 is 1.80 bits per heavy atom. The number of para-hydroxylation sites is 1. The molecule has 2 N–H and O–H groups in total. The molecule has 1 heterocycles. The molecule has 2 aromatic rings. The van der Waals surface area contributed by atoms with Gasteiger partial charge in [-0.1, -0.05) is 30.3 Å². The van der Waals surface area contributed by atoms with Crippen LogP contribution >= 0.6 is 12.4 Å². The number of amides is 1. The van der Waals surface area contributed by atoms with Crippen molar-refractivity contribution in [1.29, 1.82) is 0 Å². The Labute approximate surface area is 156 Å². The maximum atomic E-state index is 12.1. The molecule has 2 aromatic carbocycles. The van der Waals surface area contributed by atoms with E-state index < -0.39 is 0 Å². The lowest BCUT2D eigenvalue weighted by Crippen LogP contribution is -2.31. The van der Waals surface area contributed by atoms with Crippen LogP contribution < -0.4 is 15.5 Å². The number of nitrogens with zero attached hydrogens (tertiary/aromatic N) is 1. The number of hydrogen-bond donors (Lipinski definition) is 2. The van der Waals surface area contributed by atoms with Crippen LogP contribution in [0, 0.1) is 5.92 Å². The monoisotopic (exact) mass is 359 g/mol. The number of carbonyl (C=O) groups is 1. The molecule has 1 aliphatic heterocycles. The summed E-state index contributed by atoms with van der Waals surface area (Å²) in [6, 6.07) is 18.8. The highest BCUT2D eigenvalue weighted by molar-refractivity contribution is 5.85. The SMILES string of the molecule is CCN(c1ccccc1)c1ccc(CNC(=O)C2CCNC2)cc1.Cl. The van der Waals surface area contributed by atoms with Crippen LogP contribution in [-0.4, -0.2) is 25.5 Å². The van der Waals surface area contributed by atoms with Crippen molar-refractivity contribution in [2.75, 3.05) is 24.5 Å². The highest BCUT2D eigenvalue weighted by atomic mass is 35.5. The van der Waals surface area contributed by atoms with Crippen LogP contribution in [-0.2, 0) is 11.3 Å². The molecule has 1 aliphatic rings. The first kappa shape index (κ1) is 19.3. The second-order valence-corrected chi connectivity index (χ2v) is 6.15. The lowest BCUT2D eigenvalue weighted by molar-refractivity contribution is -0.124. The number of anilines is 2. The summed E-state index contributed by atoms with van der Waals surface area (Å²) in [5.74, 6) is 0.279. The zero-order valence-electron chi connectivity index (χ0n) is 14.6. The van der Waals surface area contributed by atoms with Gasteiger partial charge in [0.2, 0.25) is 5.91 Å². The molecule has 0 bridgehead atoms. The van der Waals surface area contributed by atoms with Gasteiger partial charge >= 0.3 is 0 Å². The zero-order chi connectivity index (χ0) is 16.8. The van der Waals surface area contributed by atoms with Crippen molar-refractivity contribution in [3.05, 3.63) is 60.2 Å². The van der Waals surface area contributed by atoms with Crippen molar-refractivity contribution in [2.45, 2.75) is 19.9 Å². The molecule has 134 valence electrons. The molecule has 0 spiro atoms. The van der Waals surface area contributed by atoms with E-state index in [4.69, 9.17) is 0 Å². The predicted molar refractivity (Wildman–Crippen MR) is 106 cm³/mol. The molecule has 0 aromatic heterocycles. The van der Waals surface area contributed by atoms with Crippen molar-refractivity contribution in [1.82, 2.24) is 10.6 Å². The summed E-state index contributed by atoms with van der Waals surface area (Å²) in [6.45, 7) is 5.39. The van der Waals surface area contributed by atoms with Crippen LogP contribution in [0.15, 0.2) is 54.6 Å². The predicted octanol–water partition coefficient (Wildman–Crippen LogP) is 3.49. The number of rotatable bonds is 6. The van der Waals surface area contributed by atoms with E-state index in [0.717, 1.165) is 31.6 Å². The number of hydrogen-bond acceptors (Lipinski definition) is 3. The fraction of sp³-hybridized carbons (Fsp3) is 0.350. The number of benzene rings is 2. The van der Waals surface area contributed by atoms with Crippen LogP contribution in [0.25, 0.3) is 0 Å². The summed E-state index contributed by atoms with van der Waals surface area (Å²) in [5, 5.41) is 6.27. The quantitative estimate of drug-likeness (QED) is 0.829. The first-order chi connectivity index (χ1) is 11.8. The third kappa shape index (κ3) is 4.97. The van der Waals surface area contributed by atoms with E-state index in [1.807, 2.05) is 6.07 Å². The topological polar surface area (TPSA) is 44.4 Å². The molecule has 1 atom stereocenters. The lowest BCUT2D eigenvalue weighted by atomic mass is 10.1. The second-order valence-electron chi connectivity index (χ2n) is 6.15. The third-order valence-electron chi connectivity index (χ3n) is 4.53. The number of carbonyl (C=O) groups excluding carboxylic acids is 1. The molecule has 3 rings (SSSR count). The van der Waals surface area contributed by atoms with Gasteiger partial charge in [-0.3, -0.25) is 4.79 Å². The molecule has 1 fully saturated rings. The van der Waals surface area contributed by atoms with E-state index >= 15 is 0 Å². The van der Waals surface area contributed by atoms with Gasteiger partial charge in [-0.2, -0.15) is 0 Å². The molecule has 0 radical (unpaired) electrons. The van der Waals surface area contributed by atoms with Gasteiger partial charge in [0.25, 0.3) is 0 Å². The van der Waals surface area contributed by atoms with Gasteiger partial charge in [0.15, 0.2) is 0 Å². The highest BCUT2D eigenvalue weighted by Gasteiger charge is 2.21. The van der Waals surface area contributed by atoms with Gasteiger partial charge in [0.05, 0.1) is 5.92 Å². The standard InChI is InChI=1S/C20H25N3O.ClH/c1-2-23(18-6-4-3-5-7-18)19-10-8-16(9-11-19)14-22-20(24)17-12-13-21-15-17;/h3-11,17,21H,2,12-15H2,1H3,(H,22,24);1H. The summed E-state index contributed by atoms with van der Waals surface area (Å²) in [6.07, 6.45) is 0.938. The molecule has 5 heteroatoms. The Hall–Kier alpha value is -2.04. The fourth-order valence-electron chi connectivity index (χ4n) is 3.13. The van der Waals surface area contributed by atoms with Crippen molar-refractivity contribution in [2.24, 2.45) is 5.92 Å². The van der Waals surface area contributed by atoms with Crippen LogP contribution in [0.3, 0.4) is 0 Å². The average molecular weight is 360 g/mol.